The van der Waals surface area contributed by atoms with Gasteiger partial charge in [0.25, 0.3) is 0 Å². The number of alkyl halides is 3. The molecule has 3 aromatic carbocycles. The third-order valence-corrected chi connectivity index (χ3v) is 7.28. The summed E-state index contributed by atoms with van der Waals surface area (Å²) in [4.78, 5) is 14.6. The van der Waals surface area contributed by atoms with E-state index < -0.39 is 39.9 Å². The molecule has 1 N–H and O–H groups in total. The molecular formula is C28H25ClF5NO2. The molecule has 0 spiro atoms. The van der Waals surface area contributed by atoms with Gasteiger partial charge in [-0.25, -0.2) is 8.78 Å². The van der Waals surface area contributed by atoms with E-state index in [1.54, 1.807) is 35.2 Å². The minimum absolute atomic E-state index is 0.0619. The molecule has 1 heterocycles. The van der Waals surface area contributed by atoms with Gasteiger partial charge in [-0.15, -0.1) is 0 Å². The molecule has 1 aliphatic rings. The van der Waals surface area contributed by atoms with Crippen molar-refractivity contribution in [2.24, 2.45) is 0 Å². The summed E-state index contributed by atoms with van der Waals surface area (Å²) in [5, 5.41) is 10.6. The Kier molecular flexibility index (Phi) is 7.90. The van der Waals surface area contributed by atoms with Gasteiger partial charge in [-0.3, -0.25) is 4.79 Å². The Labute approximate surface area is 216 Å². The molecule has 4 rings (SSSR count). The third-order valence-electron chi connectivity index (χ3n) is 6.95. The summed E-state index contributed by atoms with van der Waals surface area (Å²) in [6.45, 7) is 0.306. The monoisotopic (exact) mass is 537 g/mol. The molecule has 0 saturated carbocycles. The van der Waals surface area contributed by atoms with Crippen molar-refractivity contribution in [3.63, 3.8) is 0 Å². The number of hydrogen-bond donors (Lipinski definition) is 1. The third kappa shape index (κ3) is 6.13. The van der Waals surface area contributed by atoms with Crippen LogP contribution in [0.2, 0.25) is 5.02 Å². The van der Waals surface area contributed by atoms with Gasteiger partial charge in [0.05, 0.1) is 16.2 Å². The largest absolute Gasteiger partial charge is 0.417 e. The van der Waals surface area contributed by atoms with Gasteiger partial charge in [0.15, 0.2) is 0 Å². The predicted octanol–water partition coefficient (Wildman–Crippen LogP) is 7.06. The SMILES string of the molecule is O=C(CCC(c1ccc(F)cc1)c1ccccc1F)N1CCC(O)(c2ccc(Cl)c(C(F)(F)F)c2)CC1. The lowest BCUT2D eigenvalue weighted by Gasteiger charge is -2.39. The van der Waals surface area contributed by atoms with Crippen LogP contribution >= 0.6 is 11.6 Å². The van der Waals surface area contributed by atoms with Crippen molar-refractivity contribution in [3.8, 4) is 0 Å². The second-order valence-electron chi connectivity index (χ2n) is 9.27. The standard InChI is InChI=1S/C28H25ClF5NO2/c29-24-11-7-19(17-23(24)28(32,33)34)27(37)13-15-35(16-14-27)26(36)12-10-21(18-5-8-20(30)9-6-18)22-3-1-2-4-25(22)31/h1-9,11,17,21,37H,10,12-16H2. The molecule has 3 nitrogen and oxygen atoms in total. The van der Waals surface area contributed by atoms with Crippen molar-refractivity contribution in [2.75, 3.05) is 13.1 Å². The quantitative estimate of drug-likeness (QED) is 0.342. The first-order chi connectivity index (χ1) is 17.5. The minimum atomic E-state index is -4.65. The van der Waals surface area contributed by atoms with Crippen molar-refractivity contribution >= 4 is 17.5 Å². The Morgan fingerprint density at radius 3 is 2.27 bits per heavy atom. The molecule has 9 heteroatoms. The normalized spacial score (nSPS) is 16.5. The van der Waals surface area contributed by atoms with Gasteiger partial charge in [0.1, 0.15) is 11.6 Å². The van der Waals surface area contributed by atoms with Gasteiger partial charge < -0.3 is 10.0 Å². The van der Waals surface area contributed by atoms with Crippen LogP contribution in [0.5, 0.6) is 0 Å². The van der Waals surface area contributed by atoms with Gasteiger partial charge in [-0.2, -0.15) is 13.2 Å². The first kappa shape index (κ1) is 27.1. The molecule has 0 bridgehead atoms. The summed E-state index contributed by atoms with van der Waals surface area (Å²) in [6.07, 6.45) is -4.18. The topological polar surface area (TPSA) is 40.5 Å². The van der Waals surface area contributed by atoms with E-state index in [-0.39, 0.29) is 50.2 Å². The number of nitrogens with zero attached hydrogens (tertiary/aromatic N) is 1. The highest BCUT2D eigenvalue weighted by molar-refractivity contribution is 6.31. The number of rotatable bonds is 6. The van der Waals surface area contributed by atoms with Crippen LogP contribution in [0.15, 0.2) is 66.7 Å². The van der Waals surface area contributed by atoms with Crippen molar-refractivity contribution in [3.05, 3.63) is 106 Å². The van der Waals surface area contributed by atoms with Gasteiger partial charge in [-0.05, 0) is 66.3 Å². The first-order valence-corrected chi connectivity index (χ1v) is 12.2. The minimum Gasteiger partial charge on any atom is -0.385 e. The molecule has 1 aliphatic heterocycles. The zero-order valence-corrected chi connectivity index (χ0v) is 20.5. The van der Waals surface area contributed by atoms with Crippen molar-refractivity contribution in [2.45, 2.75) is 43.4 Å². The van der Waals surface area contributed by atoms with Crippen LogP contribution in [0, 0.1) is 11.6 Å². The van der Waals surface area contributed by atoms with E-state index in [1.165, 1.54) is 24.3 Å². The maximum atomic E-state index is 14.6. The van der Waals surface area contributed by atoms with Crippen LogP contribution in [0.4, 0.5) is 22.0 Å². The fourth-order valence-corrected chi connectivity index (χ4v) is 5.05. The molecule has 0 aromatic heterocycles. The maximum absolute atomic E-state index is 14.6. The van der Waals surface area contributed by atoms with E-state index in [2.05, 4.69) is 0 Å². The predicted molar refractivity (Wildman–Crippen MR) is 130 cm³/mol. The summed E-state index contributed by atoms with van der Waals surface area (Å²) in [5.41, 5.74) is -1.36. The molecular weight excluding hydrogens is 513 g/mol. The number of likely N-dealkylation sites (tertiary alicyclic amines) is 1. The van der Waals surface area contributed by atoms with Gasteiger partial charge in [-0.1, -0.05) is 48.0 Å². The van der Waals surface area contributed by atoms with Crippen LogP contribution in [0.3, 0.4) is 0 Å². The second-order valence-corrected chi connectivity index (χ2v) is 9.68. The average molecular weight is 538 g/mol. The van der Waals surface area contributed by atoms with Crippen LogP contribution in [0.25, 0.3) is 0 Å². The fourth-order valence-electron chi connectivity index (χ4n) is 4.83. The molecule has 3 aromatic rings. The van der Waals surface area contributed by atoms with E-state index >= 15 is 0 Å². The van der Waals surface area contributed by atoms with E-state index in [1.807, 2.05) is 0 Å². The first-order valence-electron chi connectivity index (χ1n) is 11.9. The lowest BCUT2D eigenvalue weighted by Crippen LogP contribution is -2.45. The average Bonchev–Trinajstić information content (AvgIpc) is 2.86. The molecule has 1 unspecified atom stereocenters. The summed E-state index contributed by atoms with van der Waals surface area (Å²) >= 11 is 5.70. The summed E-state index contributed by atoms with van der Waals surface area (Å²) in [5.74, 6) is -1.52. The molecule has 37 heavy (non-hydrogen) atoms. The number of aliphatic hydroxyl groups is 1. The Hall–Kier alpha value is -2.97. The van der Waals surface area contributed by atoms with Crippen LogP contribution in [-0.2, 0) is 16.6 Å². The van der Waals surface area contributed by atoms with Crippen molar-refractivity contribution in [1.82, 2.24) is 4.90 Å². The van der Waals surface area contributed by atoms with E-state index in [0.29, 0.717) is 11.1 Å². The Morgan fingerprint density at radius 1 is 1.00 bits per heavy atom. The smallest absolute Gasteiger partial charge is 0.385 e. The zero-order valence-electron chi connectivity index (χ0n) is 19.7. The zero-order chi connectivity index (χ0) is 26.8. The van der Waals surface area contributed by atoms with E-state index in [9.17, 15) is 31.9 Å². The molecule has 196 valence electrons. The van der Waals surface area contributed by atoms with Crippen LogP contribution in [0.1, 0.15) is 53.9 Å². The van der Waals surface area contributed by atoms with E-state index in [0.717, 1.165) is 12.1 Å². The van der Waals surface area contributed by atoms with Crippen LogP contribution < -0.4 is 0 Å². The lowest BCUT2D eigenvalue weighted by molar-refractivity contribution is -0.137. The highest BCUT2D eigenvalue weighted by Gasteiger charge is 2.39. The maximum Gasteiger partial charge on any atom is 0.417 e. The van der Waals surface area contributed by atoms with Gasteiger partial charge in [0.2, 0.25) is 5.91 Å². The molecule has 1 atom stereocenters. The van der Waals surface area contributed by atoms with Crippen molar-refractivity contribution in [1.29, 1.82) is 0 Å². The number of benzene rings is 3. The number of hydrogen-bond acceptors (Lipinski definition) is 2. The highest BCUT2D eigenvalue weighted by atomic mass is 35.5. The number of piperidine rings is 1. The Bertz CT molecular complexity index is 1250. The molecule has 1 fully saturated rings. The fraction of sp³-hybridized carbons (Fsp3) is 0.321. The molecule has 0 aliphatic carbocycles. The second kappa shape index (κ2) is 10.8. The Balaban J connectivity index is 1.44. The van der Waals surface area contributed by atoms with Crippen molar-refractivity contribution < 1.29 is 31.9 Å². The summed E-state index contributed by atoms with van der Waals surface area (Å²) in [7, 11) is 0. The highest BCUT2D eigenvalue weighted by Crippen LogP contribution is 2.40. The molecule has 0 radical (unpaired) electrons. The molecule has 1 amide bonds. The lowest BCUT2D eigenvalue weighted by atomic mass is 9.83. The van der Waals surface area contributed by atoms with Gasteiger partial charge in [0, 0.05) is 25.4 Å². The number of halogens is 6. The van der Waals surface area contributed by atoms with Gasteiger partial charge >= 0.3 is 6.18 Å². The van der Waals surface area contributed by atoms with Crippen LogP contribution in [-0.4, -0.2) is 29.0 Å². The number of amides is 1. The summed E-state index contributed by atoms with van der Waals surface area (Å²) in [6, 6.07) is 15.3. The number of carbonyl (C=O) groups is 1. The van der Waals surface area contributed by atoms with E-state index in [4.69, 9.17) is 11.6 Å². The summed E-state index contributed by atoms with van der Waals surface area (Å²) < 4.78 is 67.8. The molecule has 1 saturated heterocycles. The Morgan fingerprint density at radius 2 is 1.65 bits per heavy atom. The number of carbonyl (C=O) groups excluding carboxylic acids is 1.